The lowest BCUT2D eigenvalue weighted by Gasteiger charge is -2.09. The Labute approximate surface area is 165 Å². The van der Waals surface area contributed by atoms with Gasteiger partial charge in [-0.15, -0.1) is 10.2 Å². The molecule has 3 rings (SSSR count). The standard InChI is InChI=1S/C18H16Cl2N4OS/c1-12-22-23-18(24(12)10-13-5-3-2-4-6-13)26-11-17(25)21-16-9-14(19)7-8-15(16)20/h2-9H,10-11H2,1H3,(H,21,25). The molecule has 3 aromatic rings. The number of amides is 1. The zero-order valence-corrected chi connectivity index (χ0v) is 16.3. The molecule has 0 unspecified atom stereocenters. The van der Waals surface area contributed by atoms with Crippen molar-refractivity contribution in [2.24, 2.45) is 0 Å². The van der Waals surface area contributed by atoms with E-state index in [-0.39, 0.29) is 11.7 Å². The highest BCUT2D eigenvalue weighted by Crippen LogP contribution is 2.26. The van der Waals surface area contributed by atoms with E-state index in [4.69, 9.17) is 23.2 Å². The molecule has 1 amide bonds. The van der Waals surface area contributed by atoms with Crippen LogP contribution in [0.5, 0.6) is 0 Å². The fourth-order valence-corrected chi connectivity index (χ4v) is 3.45. The summed E-state index contributed by atoms with van der Waals surface area (Å²) >= 11 is 13.3. The summed E-state index contributed by atoms with van der Waals surface area (Å²) in [5.74, 6) is 0.802. The Bertz CT molecular complexity index is 915. The number of anilines is 1. The molecule has 2 aromatic carbocycles. The van der Waals surface area contributed by atoms with Crippen molar-refractivity contribution in [3.63, 3.8) is 0 Å². The molecule has 8 heteroatoms. The maximum absolute atomic E-state index is 12.2. The van der Waals surface area contributed by atoms with Gasteiger partial charge in [-0.3, -0.25) is 4.79 Å². The van der Waals surface area contributed by atoms with Gasteiger partial charge in [-0.25, -0.2) is 0 Å². The SMILES string of the molecule is Cc1nnc(SCC(=O)Nc2cc(Cl)ccc2Cl)n1Cc1ccccc1. The lowest BCUT2D eigenvalue weighted by atomic mass is 10.2. The first-order valence-electron chi connectivity index (χ1n) is 7.84. The third-order valence-electron chi connectivity index (χ3n) is 3.62. The molecule has 0 saturated carbocycles. The van der Waals surface area contributed by atoms with Gasteiger partial charge in [0.15, 0.2) is 5.16 Å². The van der Waals surface area contributed by atoms with Crippen molar-refractivity contribution < 1.29 is 4.79 Å². The van der Waals surface area contributed by atoms with Gasteiger partial charge < -0.3 is 9.88 Å². The average molecular weight is 407 g/mol. The number of carbonyl (C=O) groups excluding carboxylic acids is 1. The first-order chi connectivity index (χ1) is 12.5. The van der Waals surface area contributed by atoms with Crippen LogP contribution in [0.1, 0.15) is 11.4 Å². The second-order valence-electron chi connectivity index (χ2n) is 5.56. The summed E-state index contributed by atoms with van der Waals surface area (Å²) in [5.41, 5.74) is 1.64. The van der Waals surface area contributed by atoms with E-state index in [0.717, 1.165) is 11.4 Å². The smallest absolute Gasteiger partial charge is 0.234 e. The summed E-state index contributed by atoms with van der Waals surface area (Å²) in [4.78, 5) is 12.2. The van der Waals surface area contributed by atoms with Crippen molar-refractivity contribution in [3.05, 3.63) is 70.0 Å². The first-order valence-corrected chi connectivity index (χ1v) is 9.58. The minimum absolute atomic E-state index is 0.189. The fraction of sp³-hybridized carbons (Fsp3) is 0.167. The van der Waals surface area contributed by atoms with Gasteiger partial charge in [0.1, 0.15) is 5.82 Å². The summed E-state index contributed by atoms with van der Waals surface area (Å²) in [6.45, 7) is 2.55. The molecular formula is C18H16Cl2N4OS. The monoisotopic (exact) mass is 406 g/mol. The van der Waals surface area contributed by atoms with Crippen LogP contribution in [-0.2, 0) is 11.3 Å². The molecule has 0 aliphatic carbocycles. The molecule has 134 valence electrons. The van der Waals surface area contributed by atoms with E-state index in [9.17, 15) is 4.79 Å². The predicted molar refractivity (Wildman–Crippen MR) is 106 cm³/mol. The van der Waals surface area contributed by atoms with Gasteiger partial charge in [-0.05, 0) is 30.7 Å². The van der Waals surface area contributed by atoms with E-state index in [2.05, 4.69) is 15.5 Å². The first kappa shape index (κ1) is 18.8. The molecule has 0 fully saturated rings. The molecule has 0 saturated heterocycles. The minimum atomic E-state index is -0.189. The van der Waals surface area contributed by atoms with Crippen molar-refractivity contribution in [2.75, 3.05) is 11.1 Å². The van der Waals surface area contributed by atoms with Crippen LogP contribution in [0.4, 0.5) is 5.69 Å². The van der Waals surface area contributed by atoms with Crippen LogP contribution in [0.15, 0.2) is 53.7 Å². The normalized spacial score (nSPS) is 10.7. The van der Waals surface area contributed by atoms with Gasteiger partial charge >= 0.3 is 0 Å². The number of aromatic nitrogens is 3. The largest absolute Gasteiger partial charge is 0.324 e. The second kappa shape index (κ2) is 8.58. The molecule has 26 heavy (non-hydrogen) atoms. The van der Waals surface area contributed by atoms with Gasteiger partial charge in [-0.1, -0.05) is 65.3 Å². The summed E-state index contributed by atoms with van der Waals surface area (Å²) in [6, 6.07) is 15.0. The highest BCUT2D eigenvalue weighted by molar-refractivity contribution is 7.99. The highest BCUT2D eigenvalue weighted by Gasteiger charge is 2.13. The maximum Gasteiger partial charge on any atom is 0.234 e. The number of benzene rings is 2. The second-order valence-corrected chi connectivity index (χ2v) is 7.35. The van der Waals surface area contributed by atoms with Crippen LogP contribution in [0.3, 0.4) is 0 Å². The van der Waals surface area contributed by atoms with Crippen LogP contribution < -0.4 is 5.32 Å². The number of nitrogens with one attached hydrogen (secondary N) is 1. The van der Waals surface area contributed by atoms with E-state index in [1.165, 1.54) is 11.8 Å². The van der Waals surface area contributed by atoms with Gasteiger partial charge in [0.05, 0.1) is 23.0 Å². The predicted octanol–water partition coefficient (Wildman–Crippen LogP) is 4.67. The number of nitrogens with zero attached hydrogens (tertiary/aromatic N) is 3. The Morgan fingerprint density at radius 2 is 1.92 bits per heavy atom. The van der Waals surface area contributed by atoms with Crippen LogP contribution in [0.25, 0.3) is 0 Å². The van der Waals surface area contributed by atoms with Crippen LogP contribution in [-0.4, -0.2) is 26.4 Å². The molecule has 0 bridgehead atoms. The number of hydrogen-bond donors (Lipinski definition) is 1. The van der Waals surface area contributed by atoms with E-state index >= 15 is 0 Å². The fourth-order valence-electron chi connectivity index (χ4n) is 2.33. The van der Waals surface area contributed by atoms with Gasteiger partial charge in [0, 0.05) is 5.02 Å². The van der Waals surface area contributed by atoms with Gasteiger partial charge in [0.25, 0.3) is 0 Å². The summed E-state index contributed by atoms with van der Waals surface area (Å²) in [7, 11) is 0. The van der Waals surface area contributed by atoms with Crippen molar-refractivity contribution in [1.29, 1.82) is 0 Å². The number of thioether (sulfide) groups is 1. The van der Waals surface area contributed by atoms with Crippen LogP contribution >= 0.6 is 35.0 Å². The van der Waals surface area contributed by atoms with Crippen molar-refractivity contribution in [2.45, 2.75) is 18.6 Å². The molecular weight excluding hydrogens is 391 g/mol. The molecule has 0 spiro atoms. The minimum Gasteiger partial charge on any atom is -0.324 e. The Morgan fingerprint density at radius 1 is 1.15 bits per heavy atom. The zero-order valence-electron chi connectivity index (χ0n) is 13.9. The summed E-state index contributed by atoms with van der Waals surface area (Å²) in [6.07, 6.45) is 0. The highest BCUT2D eigenvalue weighted by atomic mass is 35.5. The van der Waals surface area contributed by atoms with E-state index in [1.807, 2.05) is 41.8 Å². The molecule has 0 aliphatic rings. The number of rotatable bonds is 6. The van der Waals surface area contributed by atoms with Crippen molar-refractivity contribution in [3.8, 4) is 0 Å². The number of carbonyl (C=O) groups is 1. The van der Waals surface area contributed by atoms with Crippen LogP contribution in [0.2, 0.25) is 10.0 Å². The molecule has 1 heterocycles. The van der Waals surface area contributed by atoms with Crippen molar-refractivity contribution >= 4 is 46.6 Å². The Morgan fingerprint density at radius 3 is 2.69 bits per heavy atom. The molecule has 1 N–H and O–H groups in total. The van der Waals surface area contributed by atoms with Gasteiger partial charge in [-0.2, -0.15) is 0 Å². The summed E-state index contributed by atoms with van der Waals surface area (Å²) in [5, 5.41) is 12.7. The zero-order chi connectivity index (χ0) is 18.5. The Hall–Kier alpha value is -2.02. The summed E-state index contributed by atoms with van der Waals surface area (Å²) < 4.78 is 1.99. The lowest BCUT2D eigenvalue weighted by molar-refractivity contribution is -0.113. The van der Waals surface area contributed by atoms with Crippen molar-refractivity contribution in [1.82, 2.24) is 14.8 Å². The Balaban J connectivity index is 1.64. The molecule has 0 atom stereocenters. The molecule has 0 aliphatic heterocycles. The number of aryl methyl sites for hydroxylation is 1. The topological polar surface area (TPSA) is 59.8 Å². The lowest BCUT2D eigenvalue weighted by Crippen LogP contribution is -2.15. The number of halogens is 2. The van der Waals surface area contributed by atoms with E-state index < -0.39 is 0 Å². The average Bonchev–Trinajstić information content (AvgIpc) is 2.97. The third-order valence-corrected chi connectivity index (χ3v) is 5.15. The molecule has 5 nitrogen and oxygen atoms in total. The van der Waals surface area contributed by atoms with E-state index in [0.29, 0.717) is 27.4 Å². The molecule has 0 radical (unpaired) electrons. The van der Waals surface area contributed by atoms with Gasteiger partial charge in [0.2, 0.25) is 5.91 Å². The molecule has 1 aromatic heterocycles. The van der Waals surface area contributed by atoms with Crippen LogP contribution in [0, 0.1) is 6.92 Å². The Kier molecular flexibility index (Phi) is 6.19. The third kappa shape index (κ3) is 4.78. The maximum atomic E-state index is 12.2. The van der Waals surface area contributed by atoms with E-state index in [1.54, 1.807) is 18.2 Å². The number of hydrogen-bond acceptors (Lipinski definition) is 4. The quantitative estimate of drug-likeness (QED) is 0.604.